The molecule has 4 nitrogen and oxygen atoms in total. The maximum absolute atomic E-state index is 12.5. The summed E-state index contributed by atoms with van der Waals surface area (Å²) in [5, 5.41) is 0. The number of ether oxygens (including phenoxy) is 3. The highest BCUT2D eigenvalue weighted by molar-refractivity contribution is 5.80. The molecule has 0 aliphatic heterocycles. The minimum atomic E-state index is -0.370. The van der Waals surface area contributed by atoms with E-state index >= 15 is 0 Å². The molecule has 0 spiro atoms. The van der Waals surface area contributed by atoms with Crippen LogP contribution < -0.4 is 14.2 Å². The summed E-state index contributed by atoms with van der Waals surface area (Å²) >= 11 is 0. The number of benzene rings is 3. The zero-order valence-electron chi connectivity index (χ0n) is 17.5. The maximum atomic E-state index is 12.5. The third kappa shape index (κ3) is 5.51. The number of hydrogen-bond donors (Lipinski definition) is 0. The first-order chi connectivity index (χ1) is 14.6. The summed E-state index contributed by atoms with van der Waals surface area (Å²) < 4.78 is 16.3. The Labute approximate surface area is 177 Å². The SMILES string of the molecule is C/C=C/COc1ccc(-c2ccc(OC(=O)[C@H](C)c3ccc(OC)cc3)cc2)cc1. The van der Waals surface area contributed by atoms with Crippen molar-refractivity contribution in [3.8, 4) is 28.4 Å². The van der Waals surface area contributed by atoms with E-state index in [1.165, 1.54) is 0 Å². The summed E-state index contributed by atoms with van der Waals surface area (Å²) in [6.07, 6.45) is 3.92. The Morgan fingerprint density at radius 1 is 0.833 bits per heavy atom. The third-order valence-electron chi connectivity index (χ3n) is 4.81. The summed E-state index contributed by atoms with van der Waals surface area (Å²) in [5.74, 6) is 1.44. The molecule has 0 N–H and O–H groups in total. The lowest BCUT2D eigenvalue weighted by Crippen LogP contribution is -2.16. The molecule has 30 heavy (non-hydrogen) atoms. The molecule has 154 valence electrons. The lowest BCUT2D eigenvalue weighted by atomic mass is 10.0. The molecule has 0 aliphatic rings. The molecule has 0 saturated heterocycles. The molecule has 0 saturated carbocycles. The summed E-state index contributed by atoms with van der Waals surface area (Å²) in [6, 6.07) is 22.8. The average molecular weight is 402 g/mol. The van der Waals surface area contributed by atoms with Gasteiger partial charge in [0.2, 0.25) is 0 Å². The second kappa shape index (κ2) is 10.3. The van der Waals surface area contributed by atoms with Gasteiger partial charge in [0, 0.05) is 0 Å². The van der Waals surface area contributed by atoms with Gasteiger partial charge in [0.25, 0.3) is 0 Å². The molecule has 0 unspecified atom stereocenters. The lowest BCUT2D eigenvalue weighted by Gasteiger charge is -2.12. The smallest absolute Gasteiger partial charge is 0.318 e. The van der Waals surface area contributed by atoms with Gasteiger partial charge in [-0.25, -0.2) is 0 Å². The van der Waals surface area contributed by atoms with Crippen molar-refractivity contribution in [2.24, 2.45) is 0 Å². The van der Waals surface area contributed by atoms with Crippen LogP contribution in [0.3, 0.4) is 0 Å². The quantitative estimate of drug-likeness (QED) is 0.262. The van der Waals surface area contributed by atoms with E-state index < -0.39 is 0 Å². The van der Waals surface area contributed by atoms with Gasteiger partial charge in [-0.05, 0) is 66.9 Å². The molecule has 0 heterocycles. The van der Waals surface area contributed by atoms with E-state index in [0.717, 1.165) is 28.2 Å². The molecule has 4 heteroatoms. The highest BCUT2D eigenvalue weighted by atomic mass is 16.5. The fourth-order valence-electron chi connectivity index (χ4n) is 2.93. The Kier molecular flexibility index (Phi) is 7.28. The van der Waals surface area contributed by atoms with Crippen molar-refractivity contribution in [3.63, 3.8) is 0 Å². The van der Waals surface area contributed by atoms with Crippen LogP contribution in [0.5, 0.6) is 17.2 Å². The van der Waals surface area contributed by atoms with E-state index in [2.05, 4.69) is 0 Å². The Morgan fingerprint density at radius 3 is 1.90 bits per heavy atom. The predicted octanol–water partition coefficient (Wildman–Crippen LogP) is 6.03. The van der Waals surface area contributed by atoms with Crippen molar-refractivity contribution in [2.75, 3.05) is 13.7 Å². The molecular formula is C26H26O4. The zero-order valence-corrected chi connectivity index (χ0v) is 17.5. The zero-order chi connectivity index (χ0) is 21.3. The van der Waals surface area contributed by atoms with Crippen LogP contribution in [0, 0.1) is 0 Å². The minimum Gasteiger partial charge on any atom is -0.497 e. The standard InChI is InChI=1S/C26H26O4/c1-4-5-18-29-24-14-8-21(9-15-24)22-10-16-25(17-11-22)30-26(27)19(2)20-6-12-23(28-3)13-7-20/h4-17,19H,18H2,1-3H3/b5-4+/t19-/m1/s1. The van der Waals surface area contributed by atoms with Crippen LogP contribution in [0.2, 0.25) is 0 Å². The molecular weight excluding hydrogens is 376 g/mol. The summed E-state index contributed by atoms with van der Waals surface area (Å²) in [4.78, 5) is 12.5. The van der Waals surface area contributed by atoms with Gasteiger partial charge in [0.05, 0.1) is 13.0 Å². The van der Waals surface area contributed by atoms with Crippen molar-refractivity contribution < 1.29 is 19.0 Å². The Balaban J connectivity index is 1.61. The van der Waals surface area contributed by atoms with Crippen LogP contribution in [0.4, 0.5) is 0 Å². The Morgan fingerprint density at radius 2 is 1.37 bits per heavy atom. The number of rotatable bonds is 8. The van der Waals surface area contributed by atoms with E-state index in [-0.39, 0.29) is 11.9 Å². The number of esters is 1. The van der Waals surface area contributed by atoms with Crippen LogP contribution in [-0.2, 0) is 4.79 Å². The maximum Gasteiger partial charge on any atom is 0.318 e. The van der Waals surface area contributed by atoms with Crippen LogP contribution >= 0.6 is 0 Å². The van der Waals surface area contributed by atoms with Crippen molar-refractivity contribution in [3.05, 3.63) is 90.5 Å². The van der Waals surface area contributed by atoms with Crippen molar-refractivity contribution in [1.82, 2.24) is 0 Å². The van der Waals surface area contributed by atoms with Gasteiger partial charge in [-0.15, -0.1) is 0 Å². The minimum absolute atomic E-state index is 0.296. The first-order valence-corrected chi connectivity index (χ1v) is 9.91. The number of carbonyl (C=O) groups excluding carboxylic acids is 1. The highest BCUT2D eigenvalue weighted by Crippen LogP contribution is 2.26. The van der Waals surface area contributed by atoms with Crippen LogP contribution in [0.25, 0.3) is 11.1 Å². The summed E-state index contributed by atoms with van der Waals surface area (Å²) in [5.41, 5.74) is 2.99. The van der Waals surface area contributed by atoms with Crippen LogP contribution in [-0.4, -0.2) is 19.7 Å². The molecule has 0 radical (unpaired) electrons. The van der Waals surface area contributed by atoms with Gasteiger partial charge in [0.1, 0.15) is 23.9 Å². The molecule has 0 fully saturated rings. The van der Waals surface area contributed by atoms with Gasteiger partial charge >= 0.3 is 5.97 Å². The molecule has 0 aliphatic carbocycles. The fourth-order valence-corrected chi connectivity index (χ4v) is 2.93. The molecule has 3 aromatic rings. The van der Waals surface area contributed by atoms with Gasteiger partial charge in [0.15, 0.2) is 0 Å². The van der Waals surface area contributed by atoms with Gasteiger partial charge in [-0.3, -0.25) is 4.79 Å². The van der Waals surface area contributed by atoms with Crippen molar-refractivity contribution >= 4 is 5.97 Å². The van der Waals surface area contributed by atoms with Crippen molar-refractivity contribution in [2.45, 2.75) is 19.8 Å². The Hall–Kier alpha value is -3.53. The van der Waals surface area contributed by atoms with E-state index in [1.807, 2.05) is 98.8 Å². The second-order valence-electron chi connectivity index (χ2n) is 6.84. The number of carbonyl (C=O) groups is 1. The Bertz CT molecular complexity index is 971. The molecule has 3 rings (SSSR count). The van der Waals surface area contributed by atoms with E-state index in [1.54, 1.807) is 7.11 Å². The van der Waals surface area contributed by atoms with Gasteiger partial charge < -0.3 is 14.2 Å². The second-order valence-corrected chi connectivity index (χ2v) is 6.84. The van der Waals surface area contributed by atoms with E-state index in [4.69, 9.17) is 14.2 Å². The summed E-state index contributed by atoms with van der Waals surface area (Å²) in [6.45, 7) is 4.36. The van der Waals surface area contributed by atoms with Crippen molar-refractivity contribution in [1.29, 1.82) is 0 Å². The average Bonchev–Trinajstić information content (AvgIpc) is 2.80. The fraction of sp³-hybridized carbons (Fsp3) is 0.192. The molecule has 1 atom stereocenters. The van der Waals surface area contributed by atoms with Gasteiger partial charge in [-0.1, -0.05) is 48.6 Å². The third-order valence-corrected chi connectivity index (χ3v) is 4.81. The first kappa shape index (κ1) is 21.2. The van der Waals surface area contributed by atoms with Gasteiger partial charge in [-0.2, -0.15) is 0 Å². The topological polar surface area (TPSA) is 44.8 Å². The van der Waals surface area contributed by atoms with Crippen LogP contribution in [0.15, 0.2) is 84.9 Å². The number of hydrogen-bond acceptors (Lipinski definition) is 4. The number of allylic oxidation sites excluding steroid dienone is 1. The largest absolute Gasteiger partial charge is 0.497 e. The first-order valence-electron chi connectivity index (χ1n) is 9.91. The predicted molar refractivity (Wildman–Crippen MR) is 119 cm³/mol. The normalized spacial score (nSPS) is 11.8. The van der Waals surface area contributed by atoms with E-state index in [9.17, 15) is 4.79 Å². The molecule has 0 aromatic heterocycles. The molecule has 0 bridgehead atoms. The van der Waals surface area contributed by atoms with E-state index in [0.29, 0.717) is 12.4 Å². The highest BCUT2D eigenvalue weighted by Gasteiger charge is 2.17. The lowest BCUT2D eigenvalue weighted by molar-refractivity contribution is -0.135. The summed E-state index contributed by atoms with van der Waals surface area (Å²) in [7, 11) is 1.61. The molecule has 3 aromatic carbocycles. The number of methoxy groups -OCH3 is 1. The van der Waals surface area contributed by atoms with Crippen LogP contribution in [0.1, 0.15) is 25.3 Å². The monoisotopic (exact) mass is 402 g/mol. The molecule has 0 amide bonds.